The molecule has 0 saturated carbocycles. The third kappa shape index (κ3) is 7.18. The van der Waals surface area contributed by atoms with E-state index < -0.39 is 0 Å². The number of benzene rings is 8. The average molecular weight is 954 g/mol. The van der Waals surface area contributed by atoms with Crippen LogP contribution in [-0.2, 0) is 16.2 Å². The predicted molar refractivity (Wildman–Crippen MR) is 312 cm³/mol. The molecule has 0 aliphatic heterocycles. The van der Waals surface area contributed by atoms with Crippen molar-refractivity contribution in [1.29, 1.82) is 0 Å². The van der Waals surface area contributed by atoms with Gasteiger partial charge in [0, 0.05) is 49.7 Å². The lowest BCUT2D eigenvalue weighted by atomic mass is 9.61. The maximum Gasteiger partial charge on any atom is 0.139 e. The van der Waals surface area contributed by atoms with E-state index in [1.54, 1.807) is 0 Å². The van der Waals surface area contributed by atoms with Crippen molar-refractivity contribution in [2.75, 3.05) is 4.90 Å². The second-order valence-electron chi connectivity index (χ2n) is 22.2. The van der Waals surface area contributed by atoms with Crippen molar-refractivity contribution in [3.05, 3.63) is 228 Å². The molecular weight excluding hydrogens is 883 g/mol. The van der Waals surface area contributed by atoms with Gasteiger partial charge in [0.05, 0.1) is 0 Å². The normalized spacial score (nSPS) is 16.9. The maximum atomic E-state index is 6.63. The Morgan fingerprint density at radius 2 is 0.973 bits per heavy atom. The Bertz CT molecular complexity index is 3570. The summed E-state index contributed by atoms with van der Waals surface area (Å²) in [6.45, 7) is 26.0. The van der Waals surface area contributed by atoms with Crippen molar-refractivity contribution < 1.29 is 4.42 Å². The minimum Gasteiger partial charge on any atom is -0.456 e. The molecule has 0 bridgehead atoms. The molecule has 0 amide bonds. The highest BCUT2D eigenvalue weighted by molar-refractivity contribution is 6.06. The summed E-state index contributed by atoms with van der Waals surface area (Å²) in [7, 11) is 0. The topological polar surface area (TPSA) is 16.4 Å². The molecule has 0 spiro atoms. The number of rotatable bonds is 10. The van der Waals surface area contributed by atoms with Crippen LogP contribution < -0.4 is 4.90 Å². The van der Waals surface area contributed by atoms with Gasteiger partial charge in [-0.2, -0.15) is 0 Å². The first-order valence-corrected chi connectivity index (χ1v) is 27.2. The number of anilines is 2. The molecule has 0 N–H and O–H groups in total. The number of nitrogens with zero attached hydrogens (tertiary/aromatic N) is 1. The highest BCUT2D eigenvalue weighted by atomic mass is 16.3. The van der Waals surface area contributed by atoms with Gasteiger partial charge in [-0.1, -0.05) is 222 Å². The highest BCUT2D eigenvalue weighted by Gasteiger charge is 2.53. The summed E-state index contributed by atoms with van der Waals surface area (Å²) < 4.78 is 6.63. The van der Waals surface area contributed by atoms with Crippen LogP contribution in [0.3, 0.4) is 0 Å². The van der Waals surface area contributed by atoms with Crippen LogP contribution in [0, 0.1) is 23.7 Å². The zero-order valence-corrected chi connectivity index (χ0v) is 44.8. The molecule has 2 nitrogen and oxygen atoms in total. The van der Waals surface area contributed by atoms with Crippen LogP contribution in [-0.4, -0.2) is 0 Å². The summed E-state index contributed by atoms with van der Waals surface area (Å²) in [5, 5.41) is 2.34. The summed E-state index contributed by atoms with van der Waals surface area (Å²) in [6, 6.07) is 65.9. The highest BCUT2D eigenvalue weighted by Crippen LogP contribution is 2.64. The minimum atomic E-state index is -0.260. The first-order valence-electron chi connectivity index (χ1n) is 27.2. The third-order valence-corrected chi connectivity index (χ3v) is 17.4. The molecule has 0 saturated heterocycles. The Morgan fingerprint density at radius 1 is 0.438 bits per heavy atom. The molecule has 366 valence electrons. The Morgan fingerprint density at radius 3 is 1.63 bits per heavy atom. The van der Waals surface area contributed by atoms with Crippen molar-refractivity contribution in [2.24, 2.45) is 23.7 Å². The SMILES string of the molecule is CC.CC(C)C1(C(C)C)c2cc(N(C3=CCC(C)(c4cccc5c4oc4ccccc45)C=C3)c3ccc(-c4ccccc4)cc3)ccc2-c2cc3c(cc21)-c1c(-c2ccccc2)cccc1C3(C(C)C)C(C)C. The largest absolute Gasteiger partial charge is 0.456 e. The van der Waals surface area contributed by atoms with Crippen molar-refractivity contribution in [2.45, 2.75) is 98.8 Å². The average Bonchev–Trinajstić information content (AvgIpc) is 4.05. The molecule has 1 heterocycles. The smallest absolute Gasteiger partial charge is 0.139 e. The van der Waals surface area contributed by atoms with Gasteiger partial charge in [-0.05, 0) is 145 Å². The van der Waals surface area contributed by atoms with Crippen molar-refractivity contribution in [3.63, 3.8) is 0 Å². The van der Waals surface area contributed by atoms with Gasteiger partial charge >= 0.3 is 0 Å². The van der Waals surface area contributed by atoms with E-state index in [2.05, 4.69) is 261 Å². The van der Waals surface area contributed by atoms with Crippen LogP contribution >= 0.6 is 0 Å². The number of fused-ring (bicyclic) bond motifs is 9. The van der Waals surface area contributed by atoms with Crippen LogP contribution in [0.1, 0.15) is 110 Å². The lowest BCUT2D eigenvalue weighted by Gasteiger charge is -2.42. The lowest BCUT2D eigenvalue weighted by Crippen LogP contribution is -2.38. The first kappa shape index (κ1) is 48.1. The van der Waals surface area contributed by atoms with E-state index in [9.17, 15) is 0 Å². The van der Waals surface area contributed by atoms with Crippen molar-refractivity contribution in [1.82, 2.24) is 0 Å². The van der Waals surface area contributed by atoms with Crippen LogP contribution in [0.15, 0.2) is 204 Å². The van der Waals surface area contributed by atoms with Gasteiger partial charge in [0.25, 0.3) is 0 Å². The quantitative estimate of drug-likeness (QED) is 0.136. The van der Waals surface area contributed by atoms with Crippen LogP contribution in [0.2, 0.25) is 0 Å². The molecule has 3 aliphatic rings. The van der Waals surface area contributed by atoms with Crippen LogP contribution in [0.25, 0.3) is 66.4 Å². The van der Waals surface area contributed by atoms with Gasteiger partial charge in [0.15, 0.2) is 0 Å². The van der Waals surface area contributed by atoms with Gasteiger partial charge in [-0.15, -0.1) is 0 Å². The molecule has 1 aromatic heterocycles. The molecule has 1 atom stereocenters. The monoisotopic (exact) mass is 954 g/mol. The third-order valence-electron chi connectivity index (χ3n) is 17.4. The van der Waals surface area contributed by atoms with E-state index >= 15 is 0 Å². The Labute approximate surface area is 435 Å². The lowest BCUT2D eigenvalue weighted by molar-refractivity contribution is 0.277. The Balaban J connectivity index is 0.00000284. The van der Waals surface area contributed by atoms with Crippen LogP contribution in [0.4, 0.5) is 11.4 Å². The molecule has 12 rings (SSSR count). The predicted octanol–water partition coefficient (Wildman–Crippen LogP) is 20.0. The van der Waals surface area contributed by atoms with Gasteiger partial charge in [-0.25, -0.2) is 0 Å². The fourth-order valence-corrected chi connectivity index (χ4v) is 14.3. The Kier molecular flexibility index (Phi) is 12.1. The summed E-state index contributed by atoms with van der Waals surface area (Å²) in [6.07, 6.45) is 8.07. The molecule has 73 heavy (non-hydrogen) atoms. The van der Waals surface area contributed by atoms with E-state index in [1.165, 1.54) is 89.1 Å². The minimum absolute atomic E-state index is 0.140. The summed E-state index contributed by atoms with van der Waals surface area (Å²) in [5.74, 6) is 1.44. The molecular formula is C71H71NO. The molecule has 0 radical (unpaired) electrons. The maximum absolute atomic E-state index is 6.63. The zero-order chi connectivity index (χ0) is 51.0. The Hall–Kier alpha value is -7.16. The van der Waals surface area contributed by atoms with Gasteiger partial charge in [-0.3, -0.25) is 0 Å². The molecule has 0 fully saturated rings. The number of hydrogen-bond donors (Lipinski definition) is 0. The second kappa shape index (κ2) is 18.4. The molecule has 1 unspecified atom stereocenters. The van der Waals surface area contributed by atoms with Crippen molar-refractivity contribution in [3.8, 4) is 44.5 Å². The van der Waals surface area contributed by atoms with Crippen molar-refractivity contribution >= 4 is 33.3 Å². The number of hydrogen-bond acceptors (Lipinski definition) is 2. The second-order valence-corrected chi connectivity index (χ2v) is 22.2. The summed E-state index contributed by atoms with van der Waals surface area (Å²) >= 11 is 0. The van der Waals surface area contributed by atoms with E-state index in [4.69, 9.17) is 4.42 Å². The van der Waals surface area contributed by atoms with Gasteiger partial charge < -0.3 is 9.32 Å². The number of allylic oxidation sites excluding steroid dienone is 3. The van der Waals surface area contributed by atoms with Gasteiger partial charge in [0.2, 0.25) is 0 Å². The van der Waals surface area contributed by atoms with E-state index in [-0.39, 0.29) is 16.2 Å². The fourth-order valence-electron chi connectivity index (χ4n) is 14.3. The molecule has 9 aromatic rings. The molecule has 2 heteroatoms. The van der Waals surface area contributed by atoms with E-state index in [0.29, 0.717) is 23.7 Å². The summed E-state index contributed by atoms with van der Waals surface area (Å²) in [4.78, 5) is 2.51. The molecule has 8 aromatic carbocycles. The van der Waals surface area contributed by atoms with E-state index in [0.717, 1.165) is 28.7 Å². The molecule has 3 aliphatic carbocycles. The standard InChI is InChI=1S/C69H65NO.C2H6/c1-43(2)68(44(3)4)59-27-18-25-53(49-22-14-11-15-23-49)65(59)58-42-62-57(41-63(58)68)54-35-34-52(40-61(54)69(62,45(5)6)46(7)8)70(50-32-30-48(31-33-50)47-20-12-10-13-21-47)51-36-38-67(9,39-37-51)60-28-19-26-56-55-24-16-17-29-64(55)71-66(56)60;1-2/h10-38,40-46H,39H2,1-9H3;1-2H3. The van der Waals surface area contributed by atoms with Gasteiger partial charge in [0.1, 0.15) is 11.2 Å². The zero-order valence-electron chi connectivity index (χ0n) is 44.8. The van der Waals surface area contributed by atoms with E-state index in [1.807, 2.05) is 13.8 Å². The fraction of sp³-hybridized carbons (Fsp3) is 0.268. The number of para-hydroxylation sites is 2. The first-order chi connectivity index (χ1) is 35.4. The number of furan rings is 1. The summed E-state index contributed by atoms with van der Waals surface area (Å²) in [5.41, 5.74) is 22.5. The van der Waals surface area contributed by atoms with Crippen LogP contribution in [0.5, 0.6) is 0 Å².